The van der Waals surface area contributed by atoms with E-state index in [9.17, 15) is 0 Å². The summed E-state index contributed by atoms with van der Waals surface area (Å²) < 4.78 is 5.76. The maximum absolute atomic E-state index is 5.81. The summed E-state index contributed by atoms with van der Waals surface area (Å²) in [7, 11) is 0. The summed E-state index contributed by atoms with van der Waals surface area (Å²) in [6.07, 6.45) is 9.97. The lowest BCUT2D eigenvalue weighted by Gasteiger charge is -2.25. The van der Waals surface area contributed by atoms with E-state index < -0.39 is 0 Å². The first-order chi connectivity index (χ1) is 10.1. The van der Waals surface area contributed by atoms with E-state index in [1.54, 1.807) is 11.8 Å². The molecule has 3 nitrogen and oxygen atoms in total. The van der Waals surface area contributed by atoms with E-state index in [2.05, 4.69) is 35.6 Å². The Hall–Kier alpha value is -1.04. The van der Waals surface area contributed by atoms with E-state index in [4.69, 9.17) is 22.7 Å². The normalized spacial score (nSPS) is 28.8. The Morgan fingerprint density at radius 3 is 3.10 bits per heavy atom. The van der Waals surface area contributed by atoms with Crippen molar-refractivity contribution in [3.8, 4) is 0 Å². The quantitative estimate of drug-likeness (QED) is 0.806. The molecule has 0 aromatic carbocycles. The molecule has 0 amide bonds. The molecule has 3 aliphatic rings. The summed E-state index contributed by atoms with van der Waals surface area (Å²) in [5.41, 5.74) is 9.37. The second-order valence-corrected chi connectivity index (χ2v) is 6.95. The van der Waals surface area contributed by atoms with Crippen LogP contribution in [0, 0.1) is 0 Å². The molecule has 0 aromatic heterocycles. The predicted molar refractivity (Wildman–Crippen MR) is 92.7 cm³/mol. The number of hydrogen-bond donors (Lipinski definition) is 1. The Morgan fingerprint density at radius 1 is 1.52 bits per heavy atom. The molecule has 3 rings (SSSR count). The number of rotatable bonds is 3. The van der Waals surface area contributed by atoms with Crippen LogP contribution in [0.4, 0.5) is 0 Å². The Morgan fingerprint density at radius 2 is 2.38 bits per heavy atom. The van der Waals surface area contributed by atoms with Gasteiger partial charge in [-0.3, -0.25) is 0 Å². The van der Waals surface area contributed by atoms with E-state index in [0.29, 0.717) is 11.1 Å². The van der Waals surface area contributed by atoms with Gasteiger partial charge >= 0.3 is 0 Å². The van der Waals surface area contributed by atoms with Gasteiger partial charge in [-0.2, -0.15) is 0 Å². The van der Waals surface area contributed by atoms with Crippen LogP contribution >= 0.6 is 24.0 Å². The first kappa shape index (κ1) is 14.9. The molecule has 0 radical (unpaired) electrons. The van der Waals surface area contributed by atoms with E-state index >= 15 is 0 Å². The number of thioether (sulfide) groups is 1. The topological polar surface area (TPSA) is 38.5 Å². The molecule has 2 heterocycles. The van der Waals surface area contributed by atoms with Crippen LogP contribution in [0.5, 0.6) is 0 Å². The van der Waals surface area contributed by atoms with E-state index in [1.165, 1.54) is 22.6 Å². The number of ether oxygens (including phenoxy) is 1. The van der Waals surface area contributed by atoms with Gasteiger partial charge in [0.05, 0.1) is 16.1 Å². The molecule has 0 aromatic rings. The lowest BCUT2D eigenvalue weighted by Crippen LogP contribution is -2.26. The van der Waals surface area contributed by atoms with Crippen molar-refractivity contribution in [2.45, 2.75) is 32.3 Å². The lowest BCUT2D eigenvalue weighted by atomic mass is 9.96. The smallest absolute Gasteiger partial charge is 0.0997 e. The summed E-state index contributed by atoms with van der Waals surface area (Å²) in [5, 5.41) is 3.42. The first-order valence-corrected chi connectivity index (χ1v) is 8.55. The Bertz CT molecular complexity index is 569. The first-order valence-electron chi connectivity index (χ1n) is 7.27. The molecule has 0 spiro atoms. The minimum absolute atomic E-state index is 0.350. The van der Waals surface area contributed by atoms with Crippen LogP contribution in [0.3, 0.4) is 0 Å². The summed E-state index contributed by atoms with van der Waals surface area (Å²) in [6, 6.07) is 0. The Labute approximate surface area is 135 Å². The van der Waals surface area contributed by atoms with Gasteiger partial charge in [0.25, 0.3) is 0 Å². The van der Waals surface area contributed by atoms with Crippen LogP contribution in [0.25, 0.3) is 0 Å². The average Bonchev–Trinajstić information content (AvgIpc) is 3.10. The van der Waals surface area contributed by atoms with E-state index in [-0.39, 0.29) is 0 Å². The van der Waals surface area contributed by atoms with Gasteiger partial charge in [-0.15, -0.1) is 0 Å². The third-order valence-electron chi connectivity index (χ3n) is 3.88. The van der Waals surface area contributed by atoms with Gasteiger partial charge in [0.2, 0.25) is 0 Å². The number of nitrogens with two attached hydrogens (primary N) is 1. The van der Waals surface area contributed by atoms with E-state index in [0.717, 1.165) is 31.6 Å². The highest BCUT2D eigenvalue weighted by Gasteiger charge is 2.24. The highest BCUT2D eigenvalue weighted by atomic mass is 32.2. The zero-order valence-electron chi connectivity index (χ0n) is 12.2. The highest BCUT2D eigenvalue weighted by Crippen LogP contribution is 2.37. The summed E-state index contributed by atoms with van der Waals surface area (Å²) in [4.78, 5) is 2.81. The zero-order valence-corrected chi connectivity index (χ0v) is 13.8. The van der Waals surface area contributed by atoms with Gasteiger partial charge in [-0.05, 0) is 36.3 Å². The van der Waals surface area contributed by atoms with Crippen LogP contribution in [0.2, 0.25) is 0 Å². The molecule has 2 N–H and O–H groups in total. The molecule has 1 saturated heterocycles. The third-order valence-corrected chi connectivity index (χ3v) is 5.12. The van der Waals surface area contributed by atoms with Crippen LogP contribution in [-0.2, 0) is 4.74 Å². The van der Waals surface area contributed by atoms with Gasteiger partial charge in [-0.25, -0.2) is 0 Å². The van der Waals surface area contributed by atoms with Crippen LogP contribution in [-0.4, -0.2) is 29.1 Å². The lowest BCUT2D eigenvalue weighted by molar-refractivity contribution is 0.0952. The number of allylic oxidation sites excluding steroid dienone is 4. The van der Waals surface area contributed by atoms with Crippen molar-refractivity contribution in [1.82, 2.24) is 4.90 Å². The molecule has 1 fully saturated rings. The van der Waals surface area contributed by atoms with Crippen LogP contribution in [0.15, 0.2) is 45.5 Å². The maximum Gasteiger partial charge on any atom is 0.0997 e. The number of hydrogen-bond acceptors (Lipinski definition) is 4. The van der Waals surface area contributed by atoms with Gasteiger partial charge < -0.3 is 15.4 Å². The average molecular weight is 320 g/mol. The molecule has 112 valence electrons. The molecule has 1 aliphatic carbocycles. The molecular formula is C16H20N2OS2. The largest absolute Gasteiger partial charge is 0.390 e. The fourth-order valence-corrected chi connectivity index (χ4v) is 3.93. The van der Waals surface area contributed by atoms with Crippen molar-refractivity contribution in [3.05, 3.63) is 45.5 Å². The molecule has 2 aliphatic heterocycles. The second kappa shape index (κ2) is 6.38. The summed E-state index contributed by atoms with van der Waals surface area (Å²) in [5.74, 6) is 0. The molecule has 21 heavy (non-hydrogen) atoms. The van der Waals surface area contributed by atoms with Gasteiger partial charge in [0, 0.05) is 25.8 Å². The van der Waals surface area contributed by atoms with Crippen molar-refractivity contribution in [3.63, 3.8) is 0 Å². The summed E-state index contributed by atoms with van der Waals surface area (Å²) in [6.45, 7) is 3.92. The Kier molecular flexibility index (Phi) is 4.52. The Balaban J connectivity index is 1.80. The van der Waals surface area contributed by atoms with Crippen molar-refractivity contribution in [1.29, 1.82) is 0 Å². The molecule has 1 atom stereocenters. The van der Waals surface area contributed by atoms with E-state index in [1.807, 2.05) is 0 Å². The van der Waals surface area contributed by atoms with Gasteiger partial charge in [0.15, 0.2) is 0 Å². The number of thiocarbonyl (C=S) groups is 1. The zero-order chi connectivity index (χ0) is 14.8. The highest BCUT2D eigenvalue weighted by molar-refractivity contribution is 8.06. The monoisotopic (exact) mass is 320 g/mol. The predicted octanol–water partition coefficient (Wildman–Crippen LogP) is 3.46. The SMILES string of the molecule is CC1=CC(=C2SC=CN2CC2CCCO2)CC(C(N)=S)=C1. The molecular weight excluding hydrogens is 300 g/mol. The molecule has 0 bridgehead atoms. The second-order valence-electron chi connectivity index (χ2n) is 5.62. The van der Waals surface area contributed by atoms with Crippen molar-refractivity contribution < 1.29 is 4.74 Å². The van der Waals surface area contributed by atoms with Gasteiger partial charge in [-0.1, -0.05) is 41.7 Å². The fourth-order valence-electron chi connectivity index (χ4n) is 2.91. The molecule has 0 saturated carbocycles. The molecule has 1 unspecified atom stereocenters. The number of nitrogens with zero attached hydrogens (tertiary/aromatic N) is 1. The van der Waals surface area contributed by atoms with Crippen LogP contribution in [0.1, 0.15) is 26.2 Å². The maximum atomic E-state index is 5.81. The minimum Gasteiger partial charge on any atom is -0.390 e. The van der Waals surface area contributed by atoms with Crippen molar-refractivity contribution in [2.24, 2.45) is 5.73 Å². The van der Waals surface area contributed by atoms with Crippen molar-refractivity contribution >= 4 is 29.0 Å². The fraction of sp³-hybridized carbons (Fsp3) is 0.438. The van der Waals surface area contributed by atoms with Gasteiger partial charge in [0.1, 0.15) is 0 Å². The standard InChI is InChI=1S/C16H20N2OS2/c1-11-7-12(15(17)20)9-13(8-11)16-18(4-6-21-16)10-14-3-2-5-19-14/h4,6-8,14H,2-3,5,9-10H2,1H3,(H2,17,20). The molecule has 5 heteroatoms. The third kappa shape index (κ3) is 3.42. The van der Waals surface area contributed by atoms with Crippen LogP contribution < -0.4 is 5.73 Å². The summed E-state index contributed by atoms with van der Waals surface area (Å²) >= 11 is 6.91. The van der Waals surface area contributed by atoms with Crippen molar-refractivity contribution in [2.75, 3.05) is 13.2 Å². The minimum atomic E-state index is 0.350.